The van der Waals surface area contributed by atoms with Crippen LogP contribution in [0, 0.1) is 0 Å². The van der Waals surface area contributed by atoms with Crippen molar-refractivity contribution in [3.8, 4) is 39.9 Å². The minimum absolute atomic E-state index is 0.653. The van der Waals surface area contributed by atoms with E-state index in [1.807, 2.05) is 18.2 Å². The number of benzene rings is 7. The SMILES string of the molecule is c1ccc(-c2nc(-c3cccc4c(-n5c6ccccc6c6ccccc65)cccc34)nc(-c3cccc4sc5ccccc5c34)n2)cc1. The Morgan fingerprint density at radius 2 is 0.917 bits per heavy atom. The molecule has 0 atom stereocenters. The Balaban J connectivity index is 1.24. The van der Waals surface area contributed by atoms with E-state index in [0.717, 1.165) is 33.2 Å². The van der Waals surface area contributed by atoms with Gasteiger partial charge in [-0.25, -0.2) is 15.0 Å². The number of nitrogens with zero attached hydrogens (tertiary/aromatic N) is 4. The first kappa shape index (κ1) is 27.0. The van der Waals surface area contributed by atoms with Crippen molar-refractivity contribution in [3.05, 3.63) is 158 Å². The summed E-state index contributed by atoms with van der Waals surface area (Å²) in [7, 11) is 0. The highest BCUT2D eigenvalue weighted by Gasteiger charge is 2.19. The molecule has 48 heavy (non-hydrogen) atoms. The van der Waals surface area contributed by atoms with Gasteiger partial charge in [-0.1, -0.05) is 127 Å². The fourth-order valence-electron chi connectivity index (χ4n) is 7.16. The molecule has 3 heterocycles. The molecule has 0 amide bonds. The van der Waals surface area contributed by atoms with E-state index in [4.69, 9.17) is 15.0 Å². The predicted molar refractivity (Wildman–Crippen MR) is 201 cm³/mol. The summed E-state index contributed by atoms with van der Waals surface area (Å²) in [5.74, 6) is 1.98. The fourth-order valence-corrected chi connectivity index (χ4v) is 8.29. The number of hydrogen-bond donors (Lipinski definition) is 0. The van der Waals surface area contributed by atoms with Crippen LogP contribution in [0.1, 0.15) is 0 Å². The maximum Gasteiger partial charge on any atom is 0.164 e. The Morgan fingerprint density at radius 1 is 0.375 bits per heavy atom. The van der Waals surface area contributed by atoms with Gasteiger partial charge in [-0.15, -0.1) is 11.3 Å². The molecule has 0 N–H and O–H groups in total. The summed E-state index contributed by atoms with van der Waals surface area (Å²) in [5.41, 5.74) is 6.42. The Labute approximate surface area is 280 Å². The normalized spacial score (nSPS) is 11.8. The van der Waals surface area contributed by atoms with Gasteiger partial charge >= 0.3 is 0 Å². The van der Waals surface area contributed by atoms with Crippen LogP contribution in [0.25, 0.3) is 92.6 Å². The summed E-state index contributed by atoms with van der Waals surface area (Å²) in [5, 5.41) is 7.11. The van der Waals surface area contributed by atoms with Crippen molar-refractivity contribution in [1.82, 2.24) is 19.5 Å². The second kappa shape index (κ2) is 10.7. The van der Waals surface area contributed by atoms with Gasteiger partial charge in [-0.05, 0) is 35.7 Å². The molecule has 0 radical (unpaired) electrons. The summed E-state index contributed by atoms with van der Waals surface area (Å²) in [6.45, 7) is 0. The van der Waals surface area contributed by atoms with Crippen molar-refractivity contribution in [1.29, 1.82) is 0 Å². The van der Waals surface area contributed by atoms with Crippen LogP contribution in [0.2, 0.25) is 0 Å². The van der Waals surface area contributed by atoms with Gasteiger partial charge in [0.05, 0.1) is 16.7 Å². The van der Waals surface area contributed by atoms with Gasteiger partial charge < -0.3 is 4.57 Å². The van der Waals surface area contributed by atoms with Gasteiger partial charge in [0.2, 0.25) is 0 Å². The lowest BCUT2D eigenvalue weighted by Gasteiger charge is -2.14. The zero-order chi connectivity index (χ0) is 31.6. The van der Waals surface area contributed by atoms with Crippen molar-refractivity contribution in [3.63, 3.8) is 0 Å². The molecule has 0 bridgehead atoms. The number of fused-ring (bicyclic) bond motifs is 7. The average Bonchev–Trinajstić information content (AvgIpc) is 3.70. The highest BCUT2D eigenvalue weighted by molar-refractivity contribution is 7.25. The van der Waals surface area contributed by atoms with Crippen molar-refractivity contribution >= 4 is 64.1 Å². The zero-order valence-corrected chi connectivity index (χ0v) is 26.5. The van der Waals surface area contributed by atoms with Crippen molar-refractivity contribution < 1.29 is 0 Å². The third kappa shape index (κ3) is 4.11. The molecule has 4 nitrogen and oxygen atoms in total. The lowest BCUT2D eigenvalue weighted by Crippen LogP contribution is -2.01. The molecular weight excluding hydrogens is 605 g/mol. The topological polar surface area (TPSA) is 43.6 Å². The molecule has 3 aromatic heterocycles. The van der Waals surface area contributed by atoms with Gasteiger partial charge in [-0.2, -0.15) is 0 Å². The second-order valence-electron chi connectivity index (χ2n) is 12.0. The van der Waals surface area contributed by atoms with Crippen LogP contribution in [-0.4, -0.2) is 19.5 Å². The maximum absolute atomic E-state index is 5.25. The van der Waals surface area contributed by atoms with E-state index in [1.165, 1.54) is 42.0 Å². The molecule has 0 aliphatic carbocycles. The van der Waals surface area contributed by atoms with Crippen molar-refractivity contribution in [2.75, 3.05) is 0 Å². The Hall–Kier alpha value is -6.17. The molecule has 0 aliphatic rings. The molecule has 5 heteroatoms. The molecule has 0 spiro atoms. The third-order valence-corrected chi connectivity index (χ3v) is 10.4. The molecule has 10 rings (SSSR count). The van der Waals surface area contributed by atoms with Crippen LogP contribution in [0.5, 0.6) is 0 Å². The minimum Gasteiger partial charge on any atom is -0.309 e. The third-order valence-electron chi connectivity index (χ3n) is 9.27. The van der Waals surface area contributed by atoms with Crippen LogP contribution in [-0.2, 0) is 0 Å². The van der Waals surface area contributed by atoms with E-state index in [1.54, 1.807) is 11.3 Å². The van der Waals surface area contributed by atoms with Gasteiger partial charge in [-0.3, -0.25) is 0 Å². The van der Waals surface area contributed by atoms with Crippen molar-refractivity contribution in [2.24, 2.45) is 0 Å². The maximum atomic E-state index is 5.25. The van der Waals surface area contributed by atoms with Gasteiger partial charge in [0.1, 0.15) is 0 Å². The molecular formula is C43H26N4S. The smallest absolute Gasteiger partial charge is 0.164 e. The molecule has 0 fully saturated rings. The molecule has 224 valence electrons. The van der Waals surface area contributed by atoms with Gasteiger partial charge in [0.25, 0.3) is 0 Å². The quantitative estimate of drug-likeness (QED) is 0.194. The van der Waals surface area contributed by atoms with Crippen molar-refractivity contribution in [2.45, 2.75) is 0 Å². The summed E-state index contributed by atoms with van der Waals surface area (Å²) in [6, 6.07) is 55.5. The summed E-state index contributed by atoms with van der Waals surface area (Å²) < 4.78 is 4.86. The van der Waals surface area contributed by atoms with E-state index in [0.29, 0.717) is 17.5 Å². The van der Waals surface area contributed by atoms with Crippen LogP contribution >= 0.6 is 11.3 Å². The first-order chi connectivity index (χ1) is 23.8. The standard InChI is InChI=1S/C43H26N4S/c1-2-13-27(14-3-1)41-44-42(46-43(45-41)34-21-12-26-39-40(34)33-17-6-9-25-38(33)48-39)32-20-10-19-29-28(32)18-11-24-37(29)47-35-22-7-4-15-30(35)31-16-5-8-23-36(31)47/h1-26H. The van der Waals surface area contributed by atoms with Crippen LogP contribution in [0.15, 0.2) is 158 Å². The summed E-state index contributed by atoms with van der Waals surface area (Å²) in [6.07, 6.45) is 0. The Bertz CT molecular complexity index is 2800. The predicted octanol–water partition coefficient (Wildman–Crippen LogP) is 11.5. The molecule has 0 unspecified atom stereocenters. The number of thiophene rings is 1. The van der Waals surface area contributed by atoms with Crippen LogP contribution in [0.3, 0.4) is 0 Å². The second-order valence-corrected chi connectivity index (χ2v) is 13.1. The molecule has 0 saturated carbocycles. The highest BCUT2D eigenvalue weighted by Crippen LogP contribution is 2.41. The molecule has 0 aliphatic heterocycles. The number of rotatable bonds is 4. The van der Waals surface area contributed by atoms with Gasteiger partial charge in [0, 0.05) is 53.0 Å². The largest absolute Gasteiger partial charge is 0.309 e. The average molecular weight is 631 g/mol. The molecule has 7 aromatic carbocycles. The minimum atomic E-state index is 0.653. The first-order valence-corrected chi connectivity index (χ1v) is 16.9. The first-order valence-electron chi connectivity index (χ1n) is 16.0. The van der Waals surface area contributed by atoms with Crippen LogP contribution < -0.4 is 0 Å². The summed E-state index contributed by atoms with van der Waals surface area (Å²) >= 11 is 1.80. The van der Waals surface area contributed by atoms with E-state index in [2.05, 4.69) is 144 Å². The lowest BCUT2D eigenvalue weighted by molar-refractivity contribution is 1.08. The molecule has 0 saturated heterocycles. The number of para-hydroxylation sites is 2. The van der Waals surface area contributed by atoms with E-state index >= 15 is 0 Å². The monoisotopic (exact) mass is 630 g/mol. The van der Waals surface area contributed by atoms with E-state index in [-0.39, 0.29) is 0 Å². The fraction of sp³-hybridized carbons (Fsp3) is 0. The number of aromatic nitrogens is 4. The summed E-state index contributed by atoms with van der Waals surface area (Å²) in [4.78, 5) is 15.5. The number of hydrogen-bond acceptors (Lipinski definition) is 4. The molecule has 10 aromatic rings. The van der Waals surface area contributed by atoms with Gasteiger partial charge in [0.15, 0.2) is 17.5 Å². The Morgan fingerprint density at radius 3 is 1.71 bits per heavy atom. The lowest BCUT2D eigenvalue weighted by atomic mass is 10.0. The Kier molecular flexibility index (Phi) is 6.01. The van der Waals surface area contributed by atoms with E-state index in [9.17, 15) is 0 Å². The van der Waals surface area contributed by atoms with E-state index < -0.39 is 0 Å². The highest BCUT2D eigenvalue weighted by atomic mass is 32.1. The zero-order valence-electron chi connectivity index (χ0n) is 25.7. The van der Waals surface area contributed by atoms with Crippen LogP contribution in [0.4, 0.5) is 0 Å².